The molecule has 2 fully saturated rings. The lowest BCUT2D eigenvalue weighted by Crippen LogP contribution is -2.49. The Morgan fingerprint density at radius 2 is 2.39 bits per heavy atom. The van der Waals surface area contributed by atoms with Gasteiger partial charge in [0.1, 0.15) is 0 Å². The first-order chi connectivity index (χ1) is 8.69. The lowest BCUT2D eigenvalue weighted by atomic mass is 9.78. The second kappa shape index (κ2) is 6.60. The summed E-state index contributed by atoms with van der Waals surface area (Å²) in [6.07, 6.45) is 6.03. The lowest BCUT2D eigenvalue weighted by molar-refractivity contribution is -0.0861. The van der Waals surface area contributed by atoms with Crippen molar-refractivity contribution >= 4 is 11.8 Å². The average Bonchev–Trinajstić information content (AvgIpc) is 2.83. The average molecular weight is 272 g/mol. The fourth-order valence-corrected chi connectivity index (χ4v) is 4.65. The van der Waals surface area contributed by atoms with Crippen LogP contribution in [0.2, 0.25) is 0 Å². The quantitative estimate of drug-likeness (QED) is 0.596. The second-order valence-electron chi connectivity index (χ2n) is 6.11. The number of ether oxygens (including phenoxy) is 1. The van der Waals surface area contributed by atoms with Crippen molar-refractivity contribution in [2.45, 2.75) is 57.6 Å². The number of hydrogen-bond donors (Lipinski definition) is 2. The van der Waals surface area contributed by atoms with E-state index < -0.39 is 0 Å². The lowest BCUT2D eigenvalue weighted by Gasteiger charge is -2.41. The zero-order chi connectivity index (χ0) is 13.0. The highest BCUT2D eigenvalue weighted by atomic mass is 32.2. The Kier molecular flexibility index (Phi) is 5.36. The molecule has 0 aromatic rings. The van der Waals surface area contributed by atoms with Gasteiger partial charge in [0, 0.05) is 18.4 Å². The molecule has 4 atom stereocenters. The van der Waals surface area contributed by atoms with Crippen LogP contribution < -0.4 is 11.3 Å². The van der Waals surface area contributed by atoms with Crippen LogP contribution in [0.5, 0.6) is 0 Å². The van der Waals surface area contributed by atoms with Crippen molar-refractivity contribution in [3.63, 3.8) is 0 Å². The maximum absolute atomic E-state index is 6.09. The molecule has 2 aliphatic rings. The highest BCUT2D eigenvalue weighted by Crippen LogP contribution is 2.41. The summed E-state index contributed by atoms with van der Waals surface area (Å²) in [5, 5.41) is 0. The molecule has 3 nitrogen and oxygen atoms in total. The molecule has 0 aromatic heterocycles. The summed E-state index contributed by atoms with van der Waals surface area (Å²) in [6.45, 7) is 5.51. The van der Waals surface area contributed by atoms with Gasteiger partial charge in [0.25, 0.3) is 0 Å². The van der Waals surface area contributed by atoms with Crippen molar-refractivity contribution in [3.8, 4) is 0 Å². The third-order valence-corrected chi connectivity index (χ3v) is 5.96. The van der Waals surface area contributed by atoms with Crippen molar-refractivity contribution < 1.29 is 4.74 Å². The van der Waals surface area contributed by atoms with Gasteiger partial charge in [-0.3, -0.25) is 11.3 Å². The van der Waals surface area contributed by atoms with Gasteiger partial charge in [0.15, 0.2) is 0 Å². The maximum atomic E-state index is 6.09. The summed E-state index contributed by atoms with van der Waals surface area (Å²) in [4.78, 5) is 0. The molecule has 0 bridgehead atoms. The second-order valence-corrected chi connectivity index (χ2v) is 7.21. The molecule has 1 spiro atoms. The smallest absolute Gasteiger partial charge is 0.0783 e. The Hall–Kier alpha value is 0.230. The van der Waals surface area contributed by atoms with E-state index in [0.29, 0.717) is 12.0 Å². The third kappa shape index (κ3) is 3.41. The van der Waals surface area contributed by atoms with E-state index in [2.05, 4.69) is 19.3 Å². The van der Waals surface area contributed by atoms with Gasteiger partial charge < -0.3 is 4.74 Å². The summed E-state index contributed by atoms with van der Waals surface area (Å²) in [7, 11) is 0. The van der Waals surface area contributed by atoms with Crippen molar-refractivity contribution in [2.75, 3.05) is 18.1 Å². The summed E-state index contributed by atoms with van der Waals surface area (Å²) in [5.41, 5.74) is 3.26. The summed E-state index contributed by atoms with van der Waals surface area (Å²) < 4.78 is 6.09. The summed E-state index contributed by atoms with van der Waals surface area (Å²) in [5.74, 6) is 9.69. The van der Waals surface area contributed by atoms with E-state index in [1.54, 1.807) is 0 Å². The van der Waals surface area contributed by atoms with E-state index >= 15 is 0 Å². The molecule has 18 heavy (non-hydrogen) atoms. The predicted octanol–water partition coefficient (Wildman–Crippen LogP) is 2.56. The van der Waals surface area contributed by atoms with Gasteiger partial charge in [-0.15, -0.1) is 0 Å². The van der Waals surface area contributed by atoms with Crippen molar-refractivity contribution in [3.05, 3.63) is 0 Å². The zero-order valence-corrected chi connectivity index (χ0v) is 12.6. The Bertz CT molecular complexity index is 256. The van der Waals surface area contributed by atoms with Gasteiger partial charge in [-0.05, 0) is 43.3 Å². The molecule has 0 aliphatic carbocycles. The Labute approximate surface area is 116 Å². The topological polar surface area (TPSA) is 47.3 Å². The molecule has 3 N–H and O–H groups in total. The molecular weight excluding hydrogens is 244 g/mol. The Balaban J connectivity index is 1.93. The monoisotopic (exact) mass is 272 g/mol. The van der Waals surface area contributed by atoms with Crippen LogP contribution in [0.15, 0.2) is 0 Å². The predicted molar refractivity (Wildman–Crippen MR) is 78.5 cm³/mol. The molecule has 0 amide bonds. The van der Waals surface area contributed by atoms with E-state index in [1.807, 2.05) is 11.8 Å². The molecule has 0 aromatic carbocycles. The van der Waals surface area contributed by atoms with Crippen LogP contribution in [0.4, 0.5) is 0 Å². The molecule has 4 unspecified atom stereocenters. The maximum Gasteiger partial charge on any atom is 0.0783 e. The summed E-state index contributed by atoms with van der Waals surface area (Å²) in [6, 6.07) is 0.464. The fraction of sp³-hybridized carbons (Fsp3) is 1.00. The number of hydrazine groups is 1. The first kappa shape index (κ1) is 14.6. The van der Waals surface area contributed by atoms with Crippen LogP contribution >= 0.6 is 11.8 Å². The summed E-state index contributed by atoms with van der Waals surface area (Å²) >= 11 is 2.04. The number of hydrogen-bond acceptors (Lipinski definition) is 4. The molecule has 106 valence electrons. The van der Waals surface area contributed by atoms with E-state index in [1.165, 1.54) is 37.2 Å². The normalized spacial score (nSPS) is 35.8. The van der Waals surface area contributed by atoms with Crippen molar-refractivity contribution in [1.29, 1.82) is 0 Å². The van der Waals surface area contributed by atoms with Gasteiger partial charge in [-0.25, -0.2) is 0 Å². The SMILES string of the molecule is CCC(C)CC(NN)C1CCOC2(CCSC2)C1. The molecule has 2 rings (SSSR count). The highest BCUT2D eigenvalue weighted by Gasteiger charge is 2.42. The van der Waals surface area contributed by atoms with Crippen molar-refractivity contribution in [2.24, 2.45) is 17.7 Å². The minimum Gasteiger partial charge on any atom is -0.374 e. The van der Waals surface area contributed by atoms with Gasteiger partial charge in [0.05, 0.1) is 5.60 Å². The zero-order valence-electron chi connectivity index (χ0n) is 11.8. The van der Waals surface area contributed by atoms with E-state index in [9.17, 15) is 0 Å². The number of nitrogens with two attached hydrogens (primary N) is 1. The van der Waals surface area contributed by atoms with Crippen LogP contribution in [0, 0.1) is 11.8 Å². The number of thioether (sulfide) groups is 1. The van der Waals surface area contributed by atoms with E-state index in [0.717, 1.165) is 18.9 Å². The van der Waals surface area contributed by atoms with Crippen LogP contribution in [0.25, 0.3) is 0 Å². The molecular formula is C14H28N2OS. The van der Waals surface area contributed by atoms with Gasteiger partial charge in [-0.2, -0.15) is 11.8 Å². The first-order valence-electron chi connectivity index (χ1n) is 7.37. The van der Waals surface area contributed by atoms with E-state index in [-0.39, 0.29) is 5.60 Å². The minimum atomic E-state index is 0.179. The van der Waals surface area contributed by atoms with E-state index in [4.69, 9.17) is 10.6 Å². The standard InChI is InChI=1S/C14H28N2OS/c1-3-11(2)8-13(16-15)12-4-6-17-14(9-12)5-7-18-10-14/h11-13,16H,3-10,15H2,1-2H3. The molecule has 0 radical (unpaired) electrons. The molecule has 2 heterocycles. The third-order valence-electron chi connectivity index (χ3n) is 4.73. The molecule has 4 heteroatoms. The number of rotatable bonds is 5. The first-order valence-corrected chi connectivity index (χ1v) is 8.52. The van der Waals surface area contributed by atoms with Crippen LogP contribution in [0.1, 0.15) is 46.0 Å². The minimum absolute atomic E-state index is 0.179. The Morgan fingerprint density at radius 1 is 1.56 bits per heavy atom. The molecule has 2 aliphatic heterocycles. The fourth-order valence-electron chi connectivity index (χ4n) is 3.27. The molecule has 0 saturated carbocycles. The van der Waals surface area contributed by atoms with Gasteiger partial charge in [-0.1, -0.05) is 20.3 Å². The Morgan fingerprint density at radius 3 is 3.00 bits per heavy atom. The highest BCUT2D eigenvalue weighted by molar-refractivity contribution is 7.99. The van der Waals surface area contributed by atoms with Gasteiger partial charge in [0.2, 0.25) is 0 Å². The van der Waals surface area contributed by atoms with Crippen molar-refractivity contribution in [1.82, 2.24) is 5.43 Å². The largest absolute Gasteiger partial charge is 0.374 e. The number of nitrogens with one attached hydrogen (secondary N) is 1. The molecule has 2 saturated heterocycles. The van der Waals surface area contributed by atoms with Gasteiger partial charge >= 0.3 is 0 Å². The van der Waals surface area contributed by atoms with Crippen LogP contribution in [-0.2, 0) is 4.74 Å². The van der Waals surface area contributed by atoms with Crippen LogP contribution in [0.3, 0.4) is 0 Å². The van der Waals surface area contributed by atoms with Crippen LogP contribution in [-0.4, -0.2) is 29.8 Å².